The predicted molar refractivity (Wildman–Crippen MR) is 94.1 cm³/mol. The highest BCUT2D eigenvalue weighted by molar-refractivity contribution is 5.31. The molecule has 0 amide bonds. The topological polar surface area (TPSA) is 48.1 Å². The summed E-state index contributed by atoms with van der Waals surface area (Å²) in [5.41, 5.74) is 2.40. The van der Waals surface area contributed by atoms with E-state index in [-0.39, 0.29) is 0 Å². The number of ether oxygens (including phenoxy) is 1. The molecule has 1 fully saturated rings. The number of hydrogen-bond acceptors (Lipinski definition) is 4. The quantitative estimate of drug-likeness (QED) is 0.814. The molecule has 6 nitrogen and oxygen atoms in total. The van der Waals surface area contributed by atoms with E-state index in [0.717, 1.165) is 44.0 Å². The van der Waals surface area contributed by atoms with Gasteiger partial charge >= 0.3 is 0 Å². The van der Waals surface area contributed by atoms with Gasteiger partial charge < -0.3 is 9.30 Å². The highest BCUT2D eigenvalue weighted by atomic mass is 16.5. The first kappa shape index (κ1) is 17.0. The van der Waals surface area contributed by atoms with Crippen molar-refractivity contribution in [2.75, 3.05) is 20.2 Å². The average Bonchev–Trinajstić information content (AvgIpc) is 3.11. The van der Waals surface area contributed by atoms with Gasteiger partial charge in [0.1, 0.15) is 5.82 Å². The van der Waals surface area contributed by atoms with Crippen LogP contribution in [0.3, 0.4) is 0 Å². The van der Waals surface area contributed by atoms with Crippen molar-refractivity contribution in [2.45, 2.75) is 39.2 Å². The Kier molecular flexibility index (Phi) is 5.23. The summed E-state index contributed by atoms with van der Waals surface area (Å²) in [5.74, 6) is 2.76. The van der Waals surface area contributed by atoms with E-state index in [1.54, 1.807) is 7.11 Å². The van der Waals surface area contributed by atoms with E-state index in [9.17, 15) is 0 Å². The molecule has 0 N–H and O–H groups in total. The van der Waals surface area contributed by atoms with E-state index in [1.807, 2.05) is 24.1 Å². The number of likely N-dealkylation sites (tertiary alicyclic amines) is 1. The van der Waals surface area contributed by atoms with Crippen molar-refractivity contribution in [1.29, 1.82) is 0 Å². The van der Waals surface area contributed by atoms with Crippen LogP contribution in [0.15, 0.2) is 12.4 Å². The molecule has 1 aliphatic rings. The maximum Gasteiger partial charge on any atom is 0.216 e. The average molecular weight is 331 g/mol. The molecule has 0 radical (unpaired) electrons. The van der Waals surface area contributed by atoms with Crippen LogP contribution >= 0.6 is 0 Å². The van der Waals surface area contributed by atoms with Gasteiger partial charge in [-0.15, -0.1) is 0 Å². The Hall–Kier alpha value is -1.82. The van der Waals surface area contributed by atoms with Crippen LogP contribution in [0.25, 0.3) is 0 Å². The normalized spacial score (nSPS) is 18.9. The maximum absolute atomic E-state index is 5.59. The smallest absolute Gasteiger partial charge is 0.216 e. The lowest BCUT2D eigenvalue weighted by atomic mass is 9.94. The van der Waals surface area contributed by atoms with Crippen molar-refractivity contribution in [3.8, 4) is 5.88 Å². The summed E-state index contributed by atoms with van der Waals surface area (Å²) in [7, 11) is 5.78. The minimum atomic E-state index is 0.674. The molecule has 2 aromatic rings. The molecule has 0 bridgehead atoms. The van der Waals surface area contributed by atoms with Gasteiger partial charge in [0, 0.05) is 46.0 Å². The van der Waals surface area contributed by atoms with Crippen molar-refractivity contribution in [2.24, 2.45) is 20.0 Å². The summed E-state index contributed by atoms with van der Waals surface area (Å²) >= 11 is 0. The number of hydrogen-bond donors (Lipinski definition) is 0. The Bertz CT molecular complexity index is 675. The third-order valence-electron chi connectivity index (χ3n) is 5.08. The molecule has 3 rings (SSSR count). The first-order valence-electron chi connectivity index (χ1n) is 8.89. The van der Waals surface area contributed by atoms with Crippen molar-refractivity contribution in [3.63, 3.8) is 0 Å². The maximum atomic E-state index is 5.59. The molecule has 0 spiro atoms. The van der Waals surface area contributed by atoms with Gasteiger partial charge in [-0.25, -0.2) is 9.67 Å². The fraction of sp³-hybridized carbons (Fsp3) is 0.667. The zero-order valence-corrected chi connectivity index (χ0v) is 15.3. The van der Waals surface area contributed by atoms with Crippen molar-refractivity contribution in [1.82, 2.24) is 24.2 Å². The molecular weight excluding hydrogens is 302 g/mol. The molecule has 1 unspecified atom stereocenters. The van der Waals surface area contributed by atoms with Crippen molar-refractivity contribution >= 4 is 0 Å². The number of aryl methyl sites for hydroxylation is 3. The van der Waals surface area contributed by atoms with E-state index in [2.05, 4.69) is 33.5 Å². The Balaban J connectivity index is 1.68. The lowest BCUT2D eigenvalue weighted by molar-refractivity contribution is 0.163. The lowest BCUT2D eigenvalue weighted by Gasteiger charge is -2.32. The van der Waals surface area contributed by atoms with Gasteiger partial charge in [0.25, 0.3) is 0 Å². The summed E-state index contributed by atoms with van der Waals surface area (Å²) < 4.78 is 9.59. The Morgan fingerprint density at radius 1 is 1.33 bits per heavy atom. The molecular formula is C18H29N5O. The molecule has 2 aromatic heterocycles. The van der Waals surface area contributed by atoms with Crippen LogP contribution in [0.1, 0.15) is 36.8 Å². The number of methoxy groups -OCH3 is 1. The molecule has 3 heterocycles. The predicted octanol–water partition coefficient (Wildman–Crippen LogP) is 2.18. The molecule has 132 valence electrons. The van der Waals surface area contributed by atoms with Gasteiger partial charge in [0.15, 0.2) is 0 Å². The second-order valence-electron chi connectivity index (χ2n) is 6.81. The zero-order valence-electron chi connectivity index (χ0n) is 15.3. The van der Waals surface area contributed by atoms with Gasteiger partial charge in [-0.1, -0.05) is 6.92 Å². The molecule has 0 saturated carbocycles. The molecule has 1 saturated heterocycles. The molecule has 0 aromatic carbocycles. The third-order valence-corrected chi connectivity index (χ3v) is 5.08. The highest BCUT2D eigenvalue weighted by Crippen LogP contribution is 2.27. The zero-order chi connectivity index (χ0) is 17.1. The Morgan fingerprint density at radius 2 is 2.17 bits per heavy atom. The van der Waals surface area contributed by atoms with Crippen LogP contribution in [-0.2, 0) is 33.5 Å². The number of imidazole rings is 1. The summed E-state index contributed by atoms with van der Waals surface area (Å²) in [6.45, 7) is 5.36. The fourth-order valence-electron chi connectivity index (χ4n) is 3.84. The number of piperidine rings is 1. The van der Waals surface area contributed by atoms with E-state index in [0.29, 0.717) is 5.92 Å². The van der Waals surface area contributed by atoms with Crippen molar-refractivity contribution < 1.29 is 4.74 Å². The van der Waals surface area contributed by atoms with Gasteiger partial charge in [-0.3, -0.25) is 4.90 Å². The van der Waals surface area contributed by atoms with Crippen LogP contribution in [-0.4, -0.2) is 44.4 Å². The van der Waals surface area contributed by atoms with Crippen LogP contribution in [0.5, 0.6) is 5.88 Å². The second kappa shape index (κ2) is 7.38. The highest BCUT2D eigenvalue weighted by Gasteiger charge is 2.24. The monoisotopic (exact) mass is 331 g/mol. The number of aromatic nitrogens is 4. The summed E-state index contributed by atoms with van der Waals surface area (Å²) in [5, 5.41) is 4.61. The number of rotatable bonds is 6. The summed E-state index contributed by atoms with van der Waals surface area (Å²) in [6, 6.07) is 0. The van der Waals surface area contributed by atoms with E-state index in [1.165, 1.54) is 24.2 Å². The minimum absolute atomic E-state index is 0.674. The summed E-state index contributed by atoms with van der Waals surface area (Å²) in [4.78, 5) is 7.04. The largest absolute Gasteiger partial charge is 0.481 e. The van der Waals surface area contributed by atoms with Crippen LogP contribution in [0.4, 0.5) is 0 Å². The van der Waals surface area contributed by atoms with E-state index >= 15 is 0 Å². The first-order chi connectivity index (χ1) is 11.6. The third kappa shape index (κ3) is 3.48. The molecule has 0 aliphatic carbocycles. The molecule has 1 aliphatic heterocycles. The van der Waals surface area contributed by atoms with Crippen molar-refractivity contribution in [3.05, 3.63) is 29.5 Å². The van der Waals surface area contributed by atoms with Crippen LogP contribution in [0.2, 0.25) is 0 Å². The first-order valence-corrected chi connectivity index (χ1v) is 8.89. The lowest BCUT2D eigenvalue weighted by Crippen LogP contribution is -2.36. The number of nitrogens with zero attached hydrogens (tertiary/aromatic N) is 5. The van der Waals surface area contributed by atoms with Gasteiger partial charge in [-0.05, 0) is 31.7 Å². The van der Waals surface area contributed by atoms with Crippen LogP contribution < -0.4 is 4.74 Å². The molecule has 1 atom stereocenters. The van der Waals surface area contributed by atoms with Gasteiger partial charge in [-0.2, -0.15) is 5.10 Å². The standard InChI is InChI=1S/C18H29N5O/c1-5-16-15(18(24-4)22(3)20-16)13-23-9-6-7-14(12-23)11-17-19-8-10-21(17)2/h8,10,14H,5-7,9,11-13H2,1-4H3. The second-order valence-corrected chi connectivity index (χ2v) is 6.81. The minimum Gasteiger partial charge on any atom is -0.481 e. The van der Waals surface area contributed by atoms with Gasteiger partial charge in [0.2, 0.25) is 5.88 Å². The van der Waals surface area contributed by atoms with Gasteiger partial charge in [0.05, 0.1) is 18.4 Å². The fourth-order valence-corrected chi connectivity index (χ4v) is 3.84. The van der Waals surface area contributed by atoms with E-state index in [4.69, 9.17) is 4.74 Å². The Morgan fingerprint density at radius 3 is 2.83 bits per heavy atom. The molecule has 6 heteroatoms. The van der Waals surface area contributed by atoms with Crippen LogP contribution in [0, 0.1) is 5.92 Å². The SMILES string of the molecule is CCc1nn(C)c(OC)c1CN1CCCC(Cc2nccn2C)C1. The summed E-state index contributed by atoms with van der Waals surface area (Å²) in [6.07, 6.45) is 8.46. The van der Waals surface area contributed by atoms with E-state index < -0.39 is 0 Å². The Labute approximate surface area is 144 Å². The molecule has 24 heavy (non-hydrogen) atoms.